The number of methoxy groups -OCH3 is 2. The summed E-state index contributed by atoms with van der Waals surface area (Å²) in [6.45, 7) is 0.244. The van der Waals surface area contributed by atoms with Gasteiger partial charge in [-0.05, 0) is 12.1 Å². The molecule has 1 N–H and O–H groups in total. The monoisotopic (exact) mass is 280 g/mol. The highest BCUT2D eigenvalue weighted by Crippen LogP contribution is 2.29. The van der Waals surface area contributed by atoms with Crippen LogP contribution in [0.3, 0.4) is 0 Å². The number of halogens is 1. The van der Waals surface area contributed by atoms with E-state index in [2.05, 4.69) is 9.97 Å². The van der Waals surface area contributed by atoms with Gasteiger partial charge in [0, 0.05) is 18.7 Å². The molecule has 0 bridgehead atoms. The molecule has 0 spiro atoms. The maximum atomic E-state index is 11.6. The zero-order valence-electron chi connectivity index (χ0n) is 10.6. The number of hydrogen-bond donors (Lipinski definition) is 1. The molecule has 1 aromatic carbocycles. The maximum absolute atomic E-state index is 11.6. The Morgan fingerprint density at radius 3 is 2.79 bits per heavy atom. The van der Waals surface area contributed by atoms with Gasteiger partial charge in [-0.2, -0.15) is 0 Å². The Labute approximate surface area is 115 Å². The summed E-state index contributed by atoms with van der Waals surface area (Å²) in [7, 11) is 3.07. The van der Waals surface area contributed by atoms with Crippen molar-refractivity contribution in [1.82, 2.24) is 9.97 Å². The minimum atomic E-state index is -0.231. The lowest BCUT2D eigenvalue weighted by molar-refractivity contribution is 0.177. The van der Waals surface area contributed by atoms with Crippen molar-refractivity contribution in [2.75, 3.05) is 14.2 Å². The molecule has 2 aromatic rings. The summed E-state index contributed by atoms with van der Waals surface area (Å²) < 4.78 is 10.1. The predicted octanol–water partition coefficient (Wildman–Crippen LogP) is 2.25. The van der Waals surface area contributed by atoms with Gasteiger partial charge in [0.15, 0.2) is 0 Å². The number of benzene rings is 1. The summed E-state index contributed by atoms with van der Waals surface area (Å²) in [5, 5.41) is 0.508. The Hall–Kier alpha value is -1.85. The second-order valence-corrected chi connectivity index (χ2v) is 4.27. The lowest BCUT2D eigenvalue weighted by Crippen LogP contribution is -2.11. The van der Waals surface area contributed by atoms with Crippen LogP contribution in [0.1, 0.15) is 5.82 Å². The number of aromatic amines is 1. The van der Waals surface area contributed by atoms with Crippen LogP contribution >= 0.6 is 11.6 Å². The van der Waals surface area contributed by atoms with Crippen LogP contribution in [0.15, 0.2) is 29.1 Å². The first-order chi connectivity index (χ1) is 9.13. The highest BCUT2D eigenvalue weighted by molar-refractivity contribution is 6.32. The molecule has 1 aromatic heterocycles. The van der Waals surface area contributed by atoms with E-state index in [1.54, 1.807) is 18.2 Å². The topological polar surface area (TPSA) is 64.2 Å². The highest BCUT2D eigenvalue weighted by Gasteiger charge is 2.07. The number of ether oxygens (including phenoxy) is 2. The van der Waals surface area contributed by atoms with Crippen LogP contribution < -0.4 is 10.3 Å². The molecule has 6 heteroatoms. The van der Waals surface area contributed by atoms with E-state index >= 15 is 0 Å². The van der Waals surface area contributed by atoms with Gasteiger partial charge >= 0.3 is 0 Å². The molecule has 0 amide bonds. The summed E-state index contributed by atoms with van der Waals surface area (Å²) in [5.41, 5.74) is 1.07. The van der Waals surface area contributed by atoms with Crippen molar-refractivity contribution >= 4 is 11.6 Å². The van der Waals surface area contributed by atoms with Crippen LogP contribution in [0.4, 0.5) is 0 Å². The number of hydrogen-bond acceptors (Lipinski definition) is 4. The van der Waals surface area contributed by atoms with Gasteiger partial charge in [-0.25, -0.2) is 4.98 Å². The molecule has 2 rings (SSSR count). The fraction of sp³-hybridized carbons (Fsp3) is 0.231. The summed E-state index contributed by atoms with van der Waals surface area (Å²) in [5.74, 6) is 1.01. The highest BCUT2D eigenvalue weighted by atomic mass is 35.5. The van der Waals surface area contributed by atoms with Crippen LogP contribution in [0.5, 0.6) is 5.75 Å². The molecule has 0 radical (unpaired) electrons. The molecule has 0 unspecified atom stereocenters. The first kappa shape index (κ1) is 13.6. The summed E-state index contributed by atoms with van der Waals surface area (Å²) in [6.07, 6.45) is 0. The quantitative estimate of drug-likeness (QED) is 0.933. The van der Waals surface area contributed by atoms with Gasteiger partial charge in [-0.1, -0.05) is 17.7 Å². The van der Waals surface area contributed by atoms with Crippen molar-refractivity contribution < 1.29 is 9.47 Å². The molecular formula is C13H13ClN2O3. The van der Waals surface area contributed by atoms with Gasteiger partial charge in [-0.15, -0.1) is 0 Å². The molecule has 5 nitrogen and oxygen atoms in total. The van der Waals surface area contributed by atoms with Crippen LogP contribution in [0.2, 0.25) is 5.02 Å². The molecule has 100 valence electrons. The average Bonchev–Trinajstić information content (AvgIpc) is 2.39. The van der Waals surface area contributed by atoms with Crippen LogP contribution in [-0.4, -0.2) is 24.2 Å². The van der Waals surface area contributed by atoms with E-state index in [9.17, 15) is 4.79 Å². The third-order valence-corrected chi connectivity index (χ3v) is 2.83. The maximum Gasteiger partial charge on any atom is 0.251 e. The largest absolute Gasteiger partial charge is 0.495 e. The third kappa shape index (κ3) is 3.13. The molecule has 0 aliphatic heterocycles. The van der Waals surface area contributed by atoms with Crippen molar-refractivity contribution in [2.45, 2.75) is 6.61 Å². The number of nitrogens with one attached hydrogen (secondary N) is 1. The molecular weight excluding hydrogens is 268 g/mol. The van der Waals surface area contributed by atoms with E-state index in [0.717, 1.165) is 5.56 Å². The van der Waals surface area contributed by atoms with Crippen molar-refractivity contribution in [3.63, 3.8) is 0 Å². The molecule has 0 aliphatic carbocycles. The van der Waals surface area contributed by atoms with E-state index in [-0.39, 0.29) is 12.2 Å². The van der Waals surface area contributed by atoms with Crippen molar-refractivity contribution in [2.24, 2.45) is 0 Å². The lowest BCUT2D eigenvalue weighted by Gasteiger charge is -2.07. The molecule has 1 heterocycles. The normalized spacial score (nSPS) is 10.5. The number of H-pyrrole nitrogens is 1. The predicted molar refractivity (Wildman–Crippen MR) is 72.6 cm³/mol. The first-order valence-corrected chi connectivity index (χ1v) is 5.95. The van der Waals surface area contributed by atoms with Gasteiger partial charge in [0.05, 0.1) is 17.8 Å². The van der Waals surface area contributed by atoms with Crippen LogP contribution in [0.25, 0.3) is 11.3 Å². The number of rotatable bonds is 4. The fourth-order valence-corrected chi connectivity index (χ4v) is 1.87. The van der Waals surface area contributed by atoms with Crippen LogP contribution in [-0.2, 0) is 11.3 Å². The lowest BCUT2D eigenvalue weighted by atomic mass is 10.1. The second-order valence-electron chi connectivity index (χ2n) is 3.86. The summed E-state index contributed by atoms with van der Waals surface area (Å²) >= 11 is 5.96. The summed E-state index contributed by atoms with van der Waals surface area (Å²) in [6, 6.07) is 6.64. The van der Waals surface area contributed by atoms with Gasteiger partial charge in [0.25, 0.3) is 5.56 Å². The molecule has 0 atom stereocenters. The van der Waals surface area contributed by atoms with Crippen molar-refractivity contribution in [1.29, 1.82) is 0 Å². The fourth-order valence-electron chi connectivity index (χ4n) is 1.68. The molecule has 0 aliphatic rings. The zero-order valence-corrected chi connectivity index (χ0v) is 11.3. The third-order valence-electron chi connectivity index (χ3n) is 2.52. The van der Waals surface area contributed by atoms with E-state index in [1.165, 1.54) is 20.3 Å². The molecule has 19 heavy (non-hydrogen) atoms. The van der Waals surface area contributed by atoms with Crippen molar-refractivity contribution in [3.05, 3.63) is 45.5 Å². The standard InChI is InChI=1S/C13H13ClN2O3/c1-18-7-12-15-10(6-13(17)16-12)8-3-4-9(14)11(5-8)19-2/h3-6H,7H2,1-2H3,(H,15,16,17). The Morgan fingerprint density at radius 1 is 1.32 bits per heavy atom. The Kier molecular flexibility index (Phi) is 4.19. The minimum Gasteiger partial charge on any atom is -0.495 e. The molecule has 0 saturated carbocycles. The van der Waals surface area contributed by atoms with Gasteiger partial charge < -0.3 is 14.5 Å². The van der Waals surface area contributed by atoms with Crippen LogP contribution in [0, 0.1) is 0 Å². The van der Waals surface area contributed by atoms with Gasteiger partial charge in [0.1, 0.15) is 18.2 Å². The Balaban J connectivity index is 2.49. The Bertz CT molecular complexity index is 640. The number of aromatic nitrogens is 2. The molecule has 0 fully saturated rings. The zero-order chi connectivity index (χ0) is 13.8. The van der Waals surface area contributed by atoms with Gasteiger partial charge in [0.2, 0.25) is 0 Å². The number of nitrogens with zero attached hydrogens (tertiary/aromatic N) is 1. The van der Waals surface area contributed by atoms with E-state index in [1.807, 2.05) is 0 Å². The SMILES string of the molecule is COCc1nc(-c2ccc(Cl)c(OC)c2)cc(=O)[nH]1. The average molecular weight is 281 g/mol. The van der Waals surface area contributed by atoms with E-state index < -0.39 is 0 Å². The minimum absolute atomic E-state index is 0.231. The molecule has 0 saturated heterocycles. The second kappa shape index (κ2) is 5.86. The van der Waals surface area contributed by atoms with Crippen molar-refractivity contribution in [3.8, 4) is 17.0 Å². The van der Waals surface area contributed by atoms with Gasteiger partial charge in [-0.3, -0.25) is 4.79 Å². The van der Waals surface area contributed by atoms with E-state index in [0.29, 0.717) is 22.3 Å². The smallest absolute Gasteiger partial charge is 0.251 e. The first-order valence-electron chi connectivity index (χ1n) is 5.57. The summed E-state index contributed by atoms with van der Waals surface area (Å²) in [4.78, 5) is 18.5. The Morgan fingerprint density at radius 2 is 2.11 bits per heavy atom. The van der Waals surface area contributed by atoms with E-state index in [4.69, 9.17) is 21.1 Å².